The molecule has 1 fully saturated rings. The first-order valence-corrected chi connectivity index (χ1v) is 7.52. The SMILES string of the molecule is CCCC1CCCCN1c1ccc(C#N)cc1Br. The van der Waals surface area contributed by atoms with E-state index in [0.717, 1.165) is 16.6 Å². The number of hydrogen-bond donors (Lipinski definition) is 0. The third-order valence-electron chi connectivity index (χ3n) is 3.64. The Morgan fingerprint density at radius 2 is 2.28 bits per heavy atom. The number of benzene rings is 1. The molecule has 18 heavy (non-hydrogen) atoms. The lowest BCUT2D eigenvalue weighted by atomic mass is 9.97. The van der Waals surface area contributed by atoms with Gasteiger partial charge in [0.05, 0.1) is 17.3 Å². The molecule has 0 bridgehead atoms. The Kier molecular flexibility index (Phi) is 4.66. The van der Waals surface area contributed by atoms with E-state index < -0.39 is 0 Å². The van der Waals surface area contributed by atoms with E-state index in [1.54, 1.807) is 0 Å². The summed E-state index contributed by atoms with van der Waals surface area (Å²) in [5, 5.41) is 8.92. The van der Waals surface area contributed by atoms with Gasteiger partial charge in [0.15, 0.2) is 0 Å². The number of nitrogens with zero attached hydrogens (tertiary/aromatic N) is 2. The fraction of sp³-hybridized carbons (Fsp3) is 0.533. The van der Waals surface area contributed by atoms with E-state index in [1.165, 1.54) is 37.8 Å². The molecule has 3 heteroatoms. The smallest absolute Gasteiger partial charge is 0.0992 e. The van der Waals surface area contributed by atoms with Crippen LogP contribution in [-0.4, -0.2) is 12.6 Å². The molecular weight excluding hydrogens is 288 g/mol. The zero-order chi connectivity index (χ0) is 13.0. The molecule has 0 saturated carbocycles. The van der Waals surface area contributed by atoms with Crippen molar-refractivity contribution >= 4 is 21.6 Å². The Morgan fingerprint density at radius 1 is 1.44 bits per heavy atom. The van der Waals surface area contributed by atoms with E-state index in [4.69, 9.17) is 5.26 Å². The molecule has 0 aliphatic carbocycles. The number of nitriles is 1. The molecule has 0 spiro atoms. The van der Waals surface area contributed by atoms with Gasteiger partial charge in [-0.05, 0) is 59.8 Å². The summed E-state index contributed by atoms with van der Waals surface area (Å²) in [7, 11) is 0. The first-order chi connectivity index (χ1) is 8.76. The van der Waals surface area contributed by atoms with Gasteiger partial charge in [0.2, 0.25) is 0 Å². The highest BCUT2D eigenvalue weighted by Gasteiger charge is 2.23. The Morgan fingerprint density at radius 3 is 2.94 bits per heavy atom. The minimum atomic E-state index is 0.660. The van der Waals surface area contributed by atoms with E-state index in [1.807, 2.05) is 12.1 Å². The number of hydrogen-bond acceptors (Lipinski definition) is 2. The molecule has 1 aromatic rings. The van der Waals surface area contributed by atoms with Crippen LogP contribution in [0.5, 0.6) is 0 Å². The maximum atomic E-state index is 8.92. The minimum Gasteiger partial charge on any atom is -0.368 e. The van der Waals surface area contributed by atoms with E-state index >= 15 is 0 Å². The average Bonchev–Trinajstić information content (AvgIpc) is 2.40. The lowest BCUT2D eigenvalue weighted by Crippen LogP contribution is -2.39. The van der Waals surface area contributed by atoms with Crippen molar-refractivity contribution in [2.24, 2.45) is 0 Å². The summed E-state index contributed by atoms with van der Waals surface area (Å²) >= 11 is 3.61. The number of rotatable bonds is 3. The zero-order valence-corrected chi connectivity index (χ0v) is 12.4. The molecule has 1 aromatic carbocycles. The van der Waals surface area contributed by atoms with Crippen molar-refractivity contribution in [1.29, 1.82) is 5.26 Å². The van der Waals surface area contributed by atoms with Crippen molar-refractivity contribution in [3.8, 4) is 6.07 Å². The molecule has 1 saturated heterocycles. The quantitative estimate of drug-likeness (QED) is 0.823. The van der Waals surface area contributed by atoms with Crippen LogP contribution in [0.25, 0.3) is 0 Å². The molecular formula is C15H19BrN2. The van der Waals surface area contributed by atoms with Gasteiger partial charge in [-0.25, -0.2) is 0 Å². The second kappa shape index (κ2) is 6.24. The summed E-state index contributed by atoms with van der Waals surface area (Å²) in [6.45, 7) is 3.38. The summed E-state index contributed by atoms with van der Waals surface area (Å²) in [6.07, 6.45) is 6.39. The Hall–Kier alpha value is -1.01. The van der Waals surface area contributed by atoms with Gasteiger partial charge in [0.1, 0.15) is 0 Å². The Bertz CT molecular complexity index is 448. The van der Waals surface area contributed by atoms with Crippen LogP contribution in [0.4, 0.5) is 5.69 Å². The summed E-state index contributed by atoms with van der Waals surface area (Å²) in [5.74, 6) is 0. The van der Waals surface area contributed by atoms with Crippen LogP contribution in [0.1, 0.15) is 44.6 Å². The molecule has 2 nitrogen and oxygen atoms in total. The lowest BCUT2D eigenvalue weighted by Gasteiger charge is -2.38. The van der Waals surface area contributed by atoms with Gasteiger partial charge in [-0.15, -0.1) is 0 Å². The predicted molar refractivity (Wildman–Crippen MR) is 78.8 cm³/mol. The molecule has 1 aliphatic rings. The summed E-state index contributed by atoms with van der Waals surface area (Å²) in [5.41, 5.74) is 1.96. The van der Waals surface area contributed by atoms with Gasteiger partial charge in [-0.3, -0.25) is 0 Å². The zero-order valence-electron chi connectivity index (χ0n) is 10.8. The van der Waals surface area contributed by atoms with E-state index in [9.17, 15) is 0 Å². The van der Waals surface area contributed by atoms with Crippen molar-refractivity contribution in [1.82, 2.24) is 0 Å². The highest BCUT2D eigenvalue weighted by atomic mass is 79.9. The summed E-state index contributed by atoms with van der Waals surface area (Å²) in [4.78, 5) is 2.51. The fourth-order valence-electron chi connectivity index (χ4n) is 2.76. The minimum absolute atomic E-state index is 0.660. The molecule has 1 heterocycles. The van der Waals surface area contributed by atoms with Gasteiger partial charge in [0, 0.05) is 17.1 Å². The van der Waals surface area contributed by atoms with Gasteiger partial charge in [0.25, 0.3) is 0 Å². The molecule has 96 valence electrons. The average molecular weight is 307 g/mol. The molecule has 1 atom stereocenters. The molecule has 0 N–H and O–H groups in total. The van der Waals surface area contributed by atoms with Crippen molar-refractivity contribution in [2.45, 2.75) is 45.1 Å². The monoisotopic (exact) mass is 306 g/mol. The summed E-state index contributed by atoms with van der Waals surface area (Å²) < 4.78 is 1.05. The maximum Gasteiger partial charge on any atom is 0.0992 e. The largest absolute Gasteiger partial charge is 0.368 e. The van der Waals surface area contributed by atoms with Crippen LogP contribution in [0.2, 0.25) is 0 Å². The highest BCUT2D eigenvalue weighted by molar-refractivity contribution is 9.10. The van der Waals surface area contributed by atoms with E-state index in [2.05, 4.69) is 39.9 Å². The second-order valence-corrected chi connectivity index (χ2v) is 5.76. The molecule has 0 aromatic heterocycles. The van der Waals surface area contributed by atoms with Gasteiger partial charge in [-0.1, -0.05) is 13.3 Å². The number of halogens is 1. The van der Waals surface area contributed by atoms with Crippen LogP contribution in [0, 0.1) is 11.3 Å². The number of anilines is 1. The van der Waals surface area contributed by atoms with Gasteiger partial charge >= 0.3 is 0 Å². The topological polar surface area (TPSA) is 27.0 Å². The lowest BCUT2D eigenvalue weighted by molar-refractivity contribution is 0.434. The molecule has 0 amide bonds. The standard InChI is InChI=1S/C15H19BrN2/c1-2-5-13-6-3-4-9-18(13)15-8-7-12(11-17)10-14(15)16/h7-8,10,13H,2-6,9H2,1H3. The third-order valence-corrected chi connectivity index (χ3v) is 4.27. The molecule has 0 radical (unpaired) electrons. The maximum absolute atomic E-state index is 8.92. The predicted octanol–water partition coefficient (Wildman–Crippen LogP) is 4.48. The third kappa shape index (κ3) is 2.87. The van der Waals surface area contributed by atoms with Crippen molar-refractivity contribution in [3.05, 3.63) is 28.2 Å². The van der Waals surface area contributed by atoms with Crippen LogP contribution in [0.15, 0.2) is 22.7 Å². The van der Waals surface area contributed by atoms with Crippen molar-refractivity contribution in [2.75, 3.05) is 11.4 Å². The van der Waals surface area contributed by atoms with E-state index in [0.29, 0.717) is 6.04 Å². The fourth-order valence-corrected chi connectivity index (χ4v) is 3.37. The Labute approximate surface area is 118 Å². The first kappa shape index (κ1) is 13.4. The van der Waals surface area contributed by atoms with Crippen molar-refractivity contribution in [3.63, 3.8) is 0 Å². The molecule has 2 rings (SSSR count). The Balaban J connectivity index is 2.25. The molecule has 1 aliphatic heterocycles. The molecule has 1 unspecified atom stereocenters. The van der Waals surface area contributed by atoms with Crippen LogP contribution in [0.3, 0.4) is 0 Å². The van der Waals surface area contributed by atoms with E-state index in [-0.39, 0.29) is 0 Å². The number of piperidine rings is 1. The van der Waals surface area contributed by atoms with Gasteiger partial charge in [-0.2, -0.15) is 5.26 Å². The summed E-state index contributed by atoms with van der Waals surface area (Å²) in [6, 6.07) is 8.76. The van der Waals surface area contributed by atoms with Crippen LogP contribution >= 0.6 is 15.9 Å². The van der Waals surface area contributed by atoms with Crippen LogP contribution < -0.4 is 4.90 Å². The van der Waals surface area contributed by atoms with Gasteiger partial charge < -0.3 is 4.90 Å². The normalized spacial score (nSPS) is 19.6. The van der Waals surface area contributed by atoms with Crippen molar-refractivity contribution < 1.29 is 0 Å². The first-order valence-electron chi connectivity index (χ1n) is 6.72. The van der Waals surface area contributed by atoms with Crippen LogP contribution in [-0.2, 0) is 0 Å². The highest BCUT2D eigenvalue weighted by Crippen LogP contribution is 2.33. The second-order valence-electron chi connectivity index (χ2n) is 4.91.